The van der Waals surface area contributed by atoms with Gasteiger partial charge in [-0.25, -0.2) is 29.9 Å². The first-order valence-corrected chi connectivity index (χ1v) is 21.6. The van der Waals surface area contributed by atoms with Crippen LogP contribution in [0.15, 0.2) is 25.3 Å². The Balaban J connectivity index is 0.000000208. The maximum absolute atomic E-state index is 9.71. The van der Waals surface area contributed by atoms with Gasteiger partial charge in [-0.2, -0.15) is 0 Å². The van der Waals surface area contributed by atoms with E-state index in [2.05, 4.69) is 85.3 Å². The third-order valence-electron chi connectivity index (χ3n) is 10.3. The van der Waals surface area contributed by atoms with Crippen LogP contribution >= 0.6 is 0 Å². The van der Waals surface area contributed by atoms with Gasteiger partial charge in [-0.15, -0.1) is 0 Å². The molecule has 0 amide bonds. The first-order chi connectivity index (χ1) is 24.2. The maximum atomic E-state index is 9.71. The van der Waals surface area contributed by atoms with Crippen LogP contribution in [0.3, 0.4) is 0 Å². The van der Waals surface area contributed by atoms with Gasteiger partial charge in [0.1, 0.15) is 48.4 Å². The van der Waals surface area contributed by atoms with Gasteiger partial charge in [-0.3, -0.25) is 9.13 Å². The Labute approximate surface area is 299 Å². The Morgan fingerprint density at radius 3 is 1.71 bits per heavy atom. The molecule has 0 unspecified atom stereocenters. The molecule has 0 bridgehead atoms. The predicted octanol–water partition coefficient (Wildman–Crippen LogP) is 3.70. The van der Waals surface area contributed by atoms with Crippen molar-refractivity contribution in [2.24, 2.45) is 0 Å². The number of anilines is 2. The zero-order valence-corrected chi connectivity index (χ0v) is 32.6. The Bertz CT molecular complexity index is 1790. The summed E-state index contributed by atoms with van der Waals surface area (Å²) in [5.41, 5.74) is 15.2. The number of aliphatic hydroxyl groups is 2. The second kappa shape index (κ2) is 14.7. The van der Waals surface area contributed by atoms with Gasteiger partial charge in [-0.1, -0.05) is 55.4 Å². The third kappa shape index (κ3) is 6.79. The normalized spacial score (nSPS) is 27.6. The molecule has 280 valence electrons. The van der Waals surface area contributed by atoms with Gasteiger partial charge >= 0.3 is 17.1 Å². The van der Waals surface area contributed by atoms with Crippen molar-refractivity contribution in [3.63, 3.8) is 0 Å². The molecule has 3 saturated heterocycles. The molecule has 4 aromatic heterocycles. The average molecular weight is 745 g/mol. The summed E-state index contributed by atoms with van der Waals surface area (Å²) in [6, 6.07) is 0. The number of rotatable bonds is 7. The summed E-state index contributed by atoms with van der Waals surface area (Å²) in [6.07, 6.45) is 4.91. The number of aliphatic hydroxyl groups excluding tert-OH is 2. The number of fused-ring (bicyclic) bond motifs is 3. The summed E-state index contributed by atoms with van der Waals surface area (Å²) in [4.78, 5) is 25.0. The molecule has 0 saturated carbocycles. The number of aromatic nitrogens is 8. The van der Waals surface area contributed by atoms with E-state index in [4.69, 9.17) is 39.0 Å². The molecule has 3 fully saturated rings. The van der Waals surface area contributed by atoms with Crippen molar-refractivity contribution >= 4 is 51.1 Å². The van der Waals surface area contributed by atoms with E-state index in [1.54, 1.807) is 17.2 Å². The lowest BCUT2D eigenvalue weighted by Crippen LogP contribution is -2.65. The monoisotopic (exact) mass is 744 g/mol. The fourth-order valence-corrected chi connectivity index (χ4v) is 18.7. The van der Waals surface area contributed by atoms with Crippen molar-refractivity contribution in [2.45, 2.75) is 127 Å². The quantitative estimate of drug-likeness (QED) is 0.198. The van der Waals surface area contributed by atoms with Crippen LogP contribution in [0.2, 0.25) is 22.2 Å². The Morgan fingerprint density at radius 1 is 0.725 bits per heavy atom. The fourth-order valence-electron chi connectivity index (χ4n) is 7.52. The molecule has 17 nitrogen and oxygen atoms in total. The van der Waals surface area contributed by atoms with E-state index in [0.717, 1.165) is 0 Å². The number of nitrogens with two attached hydrogens (primary N) is 2. The summed E-state index contributed by atoms with van der Waals surface area (Å²) in [7, 11) is -5.24. The highest BCUT2D eigenvalue weighted by Crippen LogP contribution is 2.48. The largest absolute Gasteiger partial charge is 0.414 e. The fraction of sp³-hybridized carbons (Fsp3) is 0.688. The zero-order valence-electron chi connectivity index (χ0n) is 30.6. The highest BCUT2D eigenvalue weighted by Gasteiger charge is 2.60. The number of imidazole rings is 2. The van der Waals surface area contributed by atoms with Crippen LogP contribution in [0.1, 0.15) is 80.7 Å². The Morgan fingerprint density at radius 2 is 1.24 bits per heavy atom. The van der Waals surface area contributed by atoms with Crippen LogP contribution in [-0.4, -0.2) is 104 Å². The molecular weight excluding hydrogens is 693 g/mol. The van der Waals surface area contributed by atoms with Gasteiger partial charge in [0.2, 0.25) is 0 Å². The Kier molecular flexibility index (Phi) is 10.8. The van der Waals surface area contributed by atoms with Gasteiger partial charge in [0.25, 0.3) is 0 Å². The minimum absolute atomic E-state index is 0.116. The van der Waals surface area contributed by atoms with Gasteiger partial charge in [-0.05, 0) is 22.2 Å². The van der Waals surface area contributed by atoms with Gasteiger partial charge < -0.3 is 44.1 Å². The predicted molar refractivity (Wildman–Crippen MR) is 193 cm³/mol. The smallest absolute Gasteiger partial charge is 0.335 e. The maximum Gasteiger partial charge on any atom is 0.335 e. The van der Waals surface area contributed by atoms with Crippen molar-refractivity contribution in [3.05, 3.63) is 25.3 Å². The molecule has 3 aliphatic rings. The molecule has 4 aromatic rings. The molecule has 7 heterocycles. The van der Waals surface area contributed by atoms with Crippen LogP contribution < -0.4 is 11.5 Å². The van der Waals surface area contributed by atoms with E-state index < -0.39 is 35.6 Å². The molecule has 3 aliphatic heterocycles. The summed E-state index contributed by atoms with van der Waals surface area (Å²) >= 11 is 0. The van der Waals surface area contributed by atoms with Crippen LogP contribution in [0.5, 0.6) is 0 Å². The standard InChI is InChI=1S/C22H39N5O4Si2.C10H13N5O3/c1-13(2)32(14(3)4)28-10-18-17(30-33(31-32,15(5)6)16(7)8)9-19(29-18)27-12-26-20-21(23)24-11-25-22(20)27;11-9-8-10(13-3-12-9)15(4-14-8)7-1-5(17)6(2-16)18-7/h11-19H,9-10H2,1-8H3,(H2,23,24,25);3-7,16-17H,1-2H2,(H2,11,12,13)/t17-,18-,19-;5-,6-,7-/m00/s1. The molecule has 0 radical (unpaired) electrons. The summed E-state index contributed by atoms with van der Waals surface area (Å²) in [5.74, 6) is 0.669. The van der Waals surface area contributed by atoms with E-state index in [-0.39, 0.29) is 36.1 Å². The number of nitrogens with zero attached hydrogens (tertiary/aromatic N) is 8. The summed E-state index contributed by atoms with van der Waals surface area (Å²) < 4.78 is 36.9. The third-order valence-corrected chi connectivity index (χ3v) is 20.6. The van der Waals surface area contributed by atoms with Crippen LogP contribution in [0, 0.1) is 0 Å². The van der Waals surface area contributed by atoms with E-state index in [0.29, 0.717) is 64.5 Å². The summed E-state index contributed by atoms with van der Waals surface area (Å²) in [5, 5.41) is 18.8. The molecule has 6 atom stereocenters. The first kappa shape index (κ1) is 37.6. The van der Waals surface area contributed by atoms with Crippen LogP contribution in [0.25, 0.3) is 22.3 Å². The lowest BCUT2D eigenvalue weighted by atomic mass is 10.2. The number of ether oxygens (including phenoxy) is 2. The molecule has 7 rings (SSSR count). The molecule has 19 heteroatoms. The highest BCUT2D eigenvalue weighted by molar-refractivity contribution is 6.84. The minimum atomic E-state index is -2.66. The molecular formula is C32H52N10O7Si2. The zero-order chi connectivity index (χ0) is 36.8. The van der Waals surface area contributed by atoms with Gasteiger partial charge in [0.15, 0.2) is 22.9 Å². The van der Waals surface area contributed by atoms with Crippen molar-refractivity contribution < 1.29 is 32.7 Å². The molecule has 0 aliphatic carbocycles. The number of hydrogen-bond acceptors (Lipinski definition) is 15. The van der Waals surface area contributed by atoms with E-state index >= 15 is 0 Å². The van der Waals surface area contributed by atoms with Crippen molar-refractivity contribution in [1.29, 1.82) is 0 Å². The SMILES string of the molecule is CC(C)[Si]1(C(C)C)OC[C@@H]2O[C@H](n3cnc4c(N)ncnc43)C[C@@H]2O[Si](C(C)C)(C(C)C)O1.Nc1ncnc2c1ncn2[C@@H]1C[C@H](O)[C@H](CO)O1. The summed E-state index contributed by atoms with van der Waals surface area (Å²) in [6.45, 7) is 18.1. The van der Waals surface area contributed by atoms with E-state index in [9.17, 15) is 5.11 Å². The highest BCUT2D eigenvalue weighted by atomic mass is 28.5. The molecule has 51 heavy (non-hydrogen) atoms. The average Bonchev–Trinajstić information content (AvgIpc) is 3.86. The first-order valence-electron chi connectivity index (χ1n) is 17.7. The van der Waals surface area contributed by atoms with Crippen LogP contribution in [0.4, 0.5) is 11.6 Å². The van der Waals surface area contributed by atoms with Crippen molar-refractivity contribution in [1.82, 2.24) is 39.0 Å². The second-order valence-electron chi connectivity index (χ2n) is 14.8. The molecule has 0 spiro atoms. The van der Waals surface area contributed by atoms with Gasteiger partial charge in [0.05, 0.1) is 38.1 Å². The lowest BCUT2D eigenvalue weighted by Gasteiger charge is -2.51. The second-order valence-corrected chi connectivity index (χ2v) is 23.6. The number of nitrogen functional groups attached to an aromatic ring is 2. The van der Waals surface area contributed by atoms with Crippen molar-refractivity contribution in [3.8, 4) is 0 Å². The lowest BCUT2D eigenvalue weighted by molar-refractivity contribution is -0.0544. The van der Waals surface area contributed by atoms with Crippen molar-refractivity contribution in [2.75, 3.05) is 24.7 Å². The van der Waals surface area contributed by atoms with Gasteiger partial charge in [0, 0.05) is 12.8 Å². The molecule has 0 aromatic carbocycles. The van der Waals surface area contributed by atoms with E-state index in [1.807, 2.05) is 4.57 Å². The Hall–Kier alpha value is -3.15. The minimum Gasteiger partial charge on any atom is -0.414 e. The number of hydrogen-bond donors (Lipinski definition) is 4. The van der Waals surface area contributed by atoms with Crippen LogP contribution in [-0.2, 0) is 22.4 Å². The topological polar surface area (TPSA) is 226 Å². The van der Waals surface area contributed by atoms with E-state index in [1.165, 1.54) is 12.7 Å². The molecule has 6 N–H and O–H groups in total.